The zero-order valence-electron chi connectivity index (χ0n) is 7.64. The number of rotatable bonds is 7. The smallest absolute Gasteiger partial charge is 0.321 e. The van der Waals surface area contributed by atoms with E-state index in [2.05, 4.69) is 21.6 Å². The molecule has 0 spiro atoms. The Labute approximate surface area is 83.5 Å². The third-order valence-electron chi connectivity index (χ3n) is 1.37. The Morgan fingerprint density at radius 1 is 1.62 bits per heavy atom. The van der Waals surface area contributed by atoms with Gasteiger partial charge in [-0.3, -0.25) is 0 Å². The quantitative estimate of drug-likeness (QED) is 0.348. The van der Waals surface area contributed by atoms with Gasteiger partial charge in [-0.1, -0.05) is 0 Å². The van der Waals surface area contributed by atoms with Gasteiger partial charge in [0.2, 0.25) is 0 Å². The minimum atomic E-state index is -3.49. The minimum Gasteiger partial charge on any atom is -0.330 e. The van der Waals surface area contributed by atoms with E-state index in [-0.39, 0.29) is 12.6 Å². The van der Waals surface area contributed by atoms with Gasteiger partial charge in [0.05, 0.1) is 6.61 Å². The molecule has 0 unspecified atom stereocenters. The zero-order chi connectivity index (χ0) is 10.3. The van der Waals surface area contributed by atoms with Crippen LogP contribution in [0.3, 0.4) is 0 Å². The van der Waals surface area contributed by atoms with E-state index in [1.165, 1.54) is 0 Å². The van der Waals surface area contributed by atoms with Crippen molar-refractivity contribution >= 4 is 18.5 Å². The van der Waals surface area contributed by atoms with Gasteiger partial charge in [-0.05, 0) is 38.2 Å². The summed E-state index contributed by atoms with van der Waals surface area (Å²) in [7, 11) is 0. The summed E-state index contributed by atoms with van der Waals surface area (Å²) < 4.78 is 4.67. The molecular formula is C6H17N2O3PS. The van der Waals surface area contributed by atoms with E-state index in [1.807, 2.05) is 6.92 Å². The predicted molar refractivity (Wildman–Crippen MR) is 55.8 cm³/mol. The monoisotopic (exact) mass is 228 g/mol. The van der Waals surface area contributed by atoms with E-state index < -0.39 is 6.72 Å². The third kappa shape index (κ3) is 10.4. The molecule has 0 aliphatic rings. The van der Waals surface area contributed by atoms with Gasteiger partial charge in [0, 0.05) is 6.04 Å². The molecule has 0 aliphatic carbocycles. The van der Waals surface area contributed by atoms with Gasteiger partial charge in [0.1, 0.15) is 0 Å². The Morgan fingerprint density at radius 3 is 2.69 bits per heavy atom. The first kappa shape index (κ1) is 13.4. The summed E-state index contributed by atoms with van der Waals surface area (Å²) in [6.45, 7) is 0.0196. The van der Waals surface area contributed by atoms with Crippen LogP contribution in [0.1, 0.15) is 13.3 Å². The van der Waals surface area contributed by atoms with Crippen LogP contribution in [0.25, 0.3) is 0 Å². The van der Waals surface area contributed by atoms with Crippen LogP contribution in [-0.4, -0.2) is 35.5 Å². The van der Waals surface area contributed by atoms with Crippen molar-refractivity contribution in [2.75, 3.05) is 19.7 Å². The molecule has 0 bridgehead atoms. The van der Waals surface area contributed by atoms with E-state index in [1.54, 1.807) is 0 Å². The Bertz CT molecular complexity index is 175. The van der Waals surface area contributed by atoms with Crippen molar-refractivity contribution < 1.29 is 14.3 Å². The summed E-state index contributed by atoms with van der Waals surface area (Å²) in [5.74, 6) is 0. The molecule has 5 nitrogen and oxygen atoms in total. The second-order valence-corrected chi connectivity index (χ2v) is 5.45. The van der Waals surface area contributed by atoms with E-state index in [0.29, 0.717) is 6.54 Å². The number of nitrogens with one attached hydrogen (secondary N) is 1. The van der Waals surface area contributed by atoms with Gasteiger partial charge in [-0.25, -0.2) is 0 Å². The first-order chi connectivity index (χ1) is 5.95. The van der Waals surface area contributed by atoms with Gasteiger partial charge < -0.3 is 25.4 Å². The number of nitrogens with two attached hydrogens (primary N) is 1. The SMILES string of the molecule is C[C@@H](COP(O)(O)=S)NCCCN. The minimum absolute atomic E-state index is 0.0492. The lowest BCUT2D eigenvalue weighted by molar-refractivity contribution is 0.226. The molecule has 13 heavy (non-hydrogen) atoms. The van der Waals surface area contributed by atoms with E-state index >= 15 is 0 Å². The molecule has 0 radical (unpaired) electrons. The van der Waals surface area contributed by atoms with E-state index in [0.717, 1.165) is 13.0 Å². The number of hydrogen-bond acceptors (Lipinski definition) is 4. The molecule has 1 atom stereocenters. The Balaban J connectivity index is 3.40. The highest BCUT2D eigenvalue weighted by molar-refractivity contribution is 8.06. The molecule has 7 heteroatoms. The summed E-state index contributed by atoms with van der Waals surface area (Å²) >= 11 is 4.29. The molecule has 0 aromatic carbocycles. The maximum absolute atomic E-state index is 8.75. The van der Waals surface area contributed by atoms with E-state index in [4.69, 9.17) is 15.5 Å². The number of hydrogen-bond donors (Lipinski definition) is 4. The van der Waals surface area contributed by atoms with Gasteiger partial charge >= 0.3 is 6.72 Å². The van der Waals surface area contributed by atoms with Gasteiger partial charge in [-0.15, -0.1) is 0 Å². The van der Waals surface area contributed by atoms with Crippen LogP contribution in [0, 0.1) is 0 Å². The average molecular weight is 228 g/mol. The summed E-state index contributed by atoms with van der Waals surface area (Å²) in [6, 6.07) is 0.0492. The Kier molecular flexibility index (Phi) is 7.07. The second-order valence-electron chi connectivity index (χ2n) is 2.78. The fourth-order valence-electron chi connectivity index (χ4n) is 0.718. The van der Waals surface area contributed by atoms with Gasteiger partial charge in [0.15, 0.2) is 0 Å². The van der Waals surface area contributed by atoms with Crippen molar-refractivity contribution in [1.29, 1.82) is 0 Å². The van der Waals surface area contributed by atoms with E-state index in [9.17, 15) is 0 Å². The average Bonchev–Trinajstić information content (AvgIpc) is 2.00. The molecule has 0 aromatic rings. The standard InChI is InChI=1S/C6H17N2O3PS/c1-6(8-4-2-3-7)5-11-12(9,10)13/h6,8H,2-5,7H2,1H3,(H2,9,10,13)/t6-/m0/s1. The van der Waals surface area contributed by atoms with Crippen LogP contribution in [0.4, 0.5) is 0 Å². The largest absolute Gasteiger partial charge is 0.330 e. The molecule has 0 saturated heterocycles. The molecule has 0 saturated carbocycles. The van der Waals surface area contributed by atoms with Crippen molar-refractivity contribution in [3.8, 4) is 0 Å². The molecule has 0 rings (SSSR count). The molecule has 0 aliphatic heterocycles. The van der Waals surface area contributed by atoms with Crippen LogP contribution in [0.2, 0.25) is 0 Å². The van der Waals surface area contributed by atoms with Crippen molar-refractivity contribution in [3.63, 3.8) is 0 Å². The lowest BCUT2D eigenvalue weighted by atomic mass is 10.3. The van der Waals surface area contributed by atoms with Gasteiger partial charge in [0.25, 0.3) is 0 Å². The molecule has 0 amide bonds. The maximum atomic E-state index is 8.75. The zero-order valence-corrected chi connectivity index (χ0v) is 9.35. The second kappa shape index (κ2) is 6.84. The molecule has 0 heterocycles. The Morgan fingerprint density at radius 2 is 2.23 bits per heavy atom. The first-order valence-electron chi connectivity index (χ1n) is 4.09. The fourth-order valence-corrected chi connectivity index (χ4v) is 1.32. The summed E-state index contributed by atoms with van der Waals surface area (Å²) in [5, 5.41) is 3.10. The lowest BCUT2D eigenvalue weighted by Gasteiger charge is -2.15. The predicted octanol–water partition coefficient (Wildman–Crippen LogP) is -0.461. The van der Waals surface area contributed by atoms with Gasteiger partial charge in [-0.2, -0.15) is 0 Å². The summed E-state index contributed by atoms with van der Waals surface area (Å²) in [5.41, 5.74) is 5.30. The summed E-state index contributed by atoms with van der Waals surface area (Å²) in [4.78, 5) is 17.5. The lowest BCUT2D eigenvalue weighted by Crippen LogP contribution is -2.31. The third-order valence-corrected chi connectivity index (χ3v) is 2.17. The van der Waals surface area contributed by atoms with Crippen LogP contribution in [0.5, 0.6) is 0 Å². The van der Waals surface area contributed by atoms with Crippen molar-refractivity contribution in [1.82, 2.24) is 5.32 Å². The normalized spacial score (nSPS) is 14.5. The van der Waals surface area contributed by atoms with Crippen LogP contribution < -0.4 is 11.1 Å². The molecule has 0 fully saturated rings. The maximum Gasteiger partial charge on any atom is 0.321 e. The molecule has 80 valence electrons. The summed E-state index contributed by atoms with van der Waals surface area (Å²) in [6.07, 6.45) is 0.886. The highest BCUT2D eigenvalue weighted by atomic mass is 32.5. The van der Waals surface area contributed by atoms with Crippen molar-refractivity contribution in [3.05, 3.63) is 0 Å². The fraction of sp³-hybridized carbons (Fsp3) is 1.00. The molecular weight excluding hydrogens is 211 g/mol. The van der Waals surface area contributed by atoms with Crippen LogP contribution in [-0.2, 0) is 16.3 Å². The van der Waals surface area contributed by atoms with Crippen LogP contribution >= 0.6 is 6.72 Å². The van der Waals surface area contributed by atoms with Crippen molar-refractivity contribution in [2.24, 2.45) is 5.73 Å². The highest BCUT2D eigenvalue weighted by Crippen LogP contribution is 2.36. The molecule has 0 aromatic heterocycles. The highest BCUT2D eigenvalue weighted by Gasteiger charge is 2.10. The molecule has 5 N–H and O–H groups in total. The Hall–Kier alpha value is 0.450. The van der Waals surface area contributed by atoms with Crippen molar-refractivity contribution in [2.45, 2.75) is 19.4 Å². The first-order valence-corrected chi connectivity index (χ1v) is 6.72. The van der Waals surface area contributed by atoms with Crippen LogP contribution in [0.15, 0.2) is 0 Å². The topological polar surface area (TPSA) is 87.7 Å².